The largest absolute Gasteiger partial charge is 0.310 e. The highest BCUT2D eigenvalue weighted by atomic mass is 32.2. The highest BCUT2D eigenvalue weighted by molar-refractivity contribution is 8.00. The Balaban J connectivity index is 1.64. The van der Waals surface area contributed by atoms with E-state index in [1.807, 2.05) is 48.9 Å². The molecule has 3 rings (SSSR count). The monoisotopic (exact) mass is 384 g/mol. The molecule has 2 heterocycles. The van der Waals surface area contributed by atoms with Crippen molar-refractivity contribution in [3.05, 3.63) is 42.1 Å². The van der Waals surface area contributed by atoms with Crippen molar-refractivity contribution in [3.63, 3.8) is 0 Å². The topological polar surface area (TPSA) is 88.5 Å². The molecule has 2 N–H and O–H groups in total. The second-order valence-electron chi connectivity index (χ2n) is 6.50. The predicted molar refractivity (Wildman–Crippen MR) is 108 cm³/mol. The first-order valence-corrected chi connectivity index (χ1v) is 9.86. The predicted octanol–water partition coefficient (Wildman–Crippen LogP) is 4.07. The van der Waals surface area contributed by atoms with Gasteiger partial charge in [0.05, 0.1) is 17.5 Å². The van der Waals surface area contributed by atoms with Gasteiger partial charge in [0, 0.05) is 11.6 Å². The average Bonchev–Trinajstić information content (AvgIpc) is 3.31. The van der Waals surface area contributed by atoms with Crippen molar-refractivity contribution in [2.45, 2.75) is 50.6 Å². The van der Waals surface area contributed by atoms with Crippen LogP contribution in [-0.2, 0) is 4.79 Å². The number of anilines is 1. The summed E-state index contributed by atoms with van der Waals surface area (Å²) in [5.74, 6) is 1.30. The summed E-state index contributed by atoms with van der Waals surface area (Å²) in [6.07, 6.45) is 2.64. The number of hydrogen-bond acceptors (Lipinski definition) is 5. The highest BCUT2D eigenvalue weighted by Gasteiger charge is 2.19. The van der Waals surface area contributed by atoms with E-state index in [1.165, 1.54) is 17.3 Å². The molecule has 0 saturated carbocycles. The normalized spacial score (nSPS) is 13.3. The standard InChI is InChI=1S/C19H24N6OS/c1-5-13(3)25-16(10-11-20-25)21-18(26)14(4)27-19-22-17(23-24-19)15-8-6-12(2)7-9-15/h6-11,13-14H,5H2,1-4H3,(H,21,26)(H,22,23,24)/t13-,14-/m1/s1. The third-order valence-electron chi connectivity index (χ3n) is 4.37. The molecule has 142 valence electrons. The zero-order valence-corrected chi connectivity index (χ0v) is 16.7. The Kier molecular flexibility index (Phi) is 5.95. The Labute approximate surface area is 163 Å². The molecular weight excluding hydrogens is 360 g/mol. The maximum Gasteiger partial charge on any atom is 0.238 e. The van der Waals surface area contributed by atoms with Gasteiger partial charge in [-0.3, -0.25) is 9.89 Å². The minimum absolute atomic E-state index is 0.105. The molecule has 0 unspecified atom stereocenters. The first-order valence-electron chi connectivity index (χ1n) is 8.98. The van der Waals surface area contributed by atoms with Gasteiger partial charge in [0.15, 0.2) is 5.82 Å². The number of aromatic amines is 1. The molecule has 0 bridgehead atoms. The molecule has 0 fully saturated rings. The summed E-state index contributed by atoms with van der Waals surface area (Å²) in [7, 11) is 0. The van der Waals surface area contributed by atoms with Gasteiger partial charge in [-0.25, -0.2) is 9.67 Å². The van der Waals surface area contributed by atoms with E-state index < -0.39 is 0 Å². The number of H-pyrrole nitrogens is 1. The van der Waals surface area contributed by atoms with Crippen LogP contribution in [0.2, 0.25) is 0 Å². The minimum atomic E-state index is -0.341. The first kappa shape index (κ1) is 19.2. The van der Waals surface area contributed by atoms with Crippen molar-refractivity contribution in [1.29, 1.82) is 0 Å². The zero-order chi connectivity index (χ0) is 19.4. The van der Waals surface area contributed by atoms with E-state index in [4.69, 9.17) is 0 Å². The molecule has 0 aliphatic heterocycles. The molecule has 1 amide bonds. The number of nitrogens with zero attached hydrogens (tertiary/aromatic N) is 4. The van der Waals surface area contributed by atoms with Gasteiger partial charge in [0.25, 0.3) is 0 Å². The van der Waals surface area contributed by atoms with Crippen molar-refractivity contribution in [1.82, 2.24) is 25.0 Å². The van der Waals surface area contributed by atoms with E-state index in [-0.39, 0.29) is 17.2 Å². The van der Waals surface area contributed by atoms with Crippen molar-refractivity contribution < 1.29 is 4.79 Å². The van der Waals surface area contributed by atoms with E-state index in [0.29, 0.717) is 16.8 Å². The minimum Gasteiger partial charge on any atom is -0.310 e. The Hall–Kier alpha value is -2.61. The fraction of sp³-hybridized carbons (Fsp3) is 0.368. The van der Waals surface area contributed by atoms with Crippen LogP contribution in [0, 0.1) is 6.92 Å². The van der Waals surface area contributed by atoms with Gasteiger partial charge in [-0.05, 0) is 27.2 Å². The number of rotatable bonds is 7. The number of aryl methyl sites for hydroxylation is 1. The molecule has 0 saturated heterocycles. The summed E-state index contributed by atoms with van der Waals surface area (Å²) in [6, 6.07) is 10.1. The molecule has 1 aromatic carbocycles. The third kappa shape index (κ3) is 4.57. The summed E-state index contributed by atoms with van der Waals surface area (Å²) in [4.78, 5) is 17.0. The number of nitrogens with one attached hydrogen (secondary N) is 2. The van der Waals surface area contributed by atoms with Gasteiger partial charge < -0.3 is 5.32 Å². The third-order valence-corrected chi connectivity index (χ3v) is 5.33. The van der Waals surface area contributed by atoms with Gasteiger partial charge in [0.1, 0.15) is 5.82 Å². The summed E-state index contributed by atoms with van der Waals surface area (Å²) >= 11 is 1.32. The molecule has 2 aromatic heterocycles. The van der Waals surface area contributed by atoms with Gasteiger partial charge in [-0.1, -0.05) is 48.5 Å². The van der Waals surface area contributed by atoms with Crippen molar-refractivity contribution in [3.8, 4) is 11.4 Å². The summed E-state index contributed by atoms with van der Waals surface area (Å²) < 4.78 is 1.83. The Morgan fingerprint density at radius 2 is 2.00 bits per heavy atom. The van der Waals surface area contributed by atoms with Gasteiger partial charge in [0.2, 0.25) is 11.1 Å². The van der Waals surface area contributed by atoms with Crippen molar-refractivity contribution in [2.75, 3.05) is 5.32 Å². The van der Waals surface area contributed by atoms with E-state index in [1.54, 1.807) is 6.20 Å². The van der Waals surface area contributed by atoms with Crippen LogP contribution in [0.4, 0.5) is 5.82 Å². The van der Waals surface area contributed by atoms with Crippen LogP contribution in [0.15, 0.2) is 41.7 Å². The molecule has 3 aromatic rings. The van der Waals surface area contributed by atoms with E-state index >= 15 is 0 Å². The first-order chi connectivity index (χ1) is 13.0. The summed E-state index contributed by atoms with van der Waals surface area (Å²) in [6.45, 7) is 8.04. The number of carbonyl (C=O) groups excluding carboxylic acids is 1. The highest BCUT2D eigenvalue weighted by Crippen LogP contribution is 2.24. The van der Waals surface area contributed by atoms with Crippen LogP contribution in [0.1, 0.15) is 38.8 Å². The van der Waals surface area contributed by atoms with E-state index in [2.05, 4.69) is 39.4 Å². The Morgan fingerprint density at radius 3 is 2.70 bits per heavy atom. The molecule has 2 atom stereocenters. The maximum absolute atomic E-state index is 12.6. The molecule has 7 nitrogen and oxygen atoms in total. The second kappa shape index (κ2) is 8.39. The lowest BCUT2D eigenvalue weighted by molar-refractivity contribution is -0.115. The Morgan fingerprint density at radius 1 is 1.26 bits per heavy atom. The van der Waals surface area contributed by atoms with Gasteiger partial charge in [-0.15, -0.1) is 5.10 Å². The number of amides is 1. The van der Waals surface area contributed by atoms with Crippen LogP contribution in [-0.4, -0.2) is 36.1 Å². The summed E-state index contributed by atoms with van der Waals surface area (Å²) in [5, 5.41) is 14.6. The molecule has 0 aliphatic rings. The zero-order valence-electron chi connectivity index (χ0n) is 15.9. The van der Waals surface area contributed by atoms with E-state index in [0.717, 1.165) is 12.0 Å². The fourth-order valence-electron chi connectivity index (χ4n) is 2.52. The van der Waals surface area contributed by atoms with Gasteiger partial charge >= 0.3 is 0 Å². The van der Waals surface area contributed by atoms with Crippen LogP contribution >= 0.6 is 11.8 Å². The number of benzene rings is 1. The lowest BCUT2D eigenvalue weighted by Gasteiger charge is -2.15. The maximum atomic E-state index is 12.6. The number of carbonyl (C=O) groups is 1. The van der Waals surface area contributed by atoms with Crippen LogP contribution in [0.3, 0.4) is 0 Å². The molecule has 0 radical (unpaired) electrons. The van der Waals surface area contributed by atoms with Gasteiger partial charge in [-0.2, -0.15) is 5.10 Å². The quantitative estimate of drug-likeness (QED) is 0.600. The fourth-order valence-corrected chi connectivity index (χ4v) is 3.24. The van der Waals surface area contributed by atoms with Crippen LogP contribution in [0.25, 0.3) is 11.4 Å². The molecular formula is C19H24N6OS. The SMILES string of the molecule is CC[C@@H](C)n1nccc1NC(=O)[C@@H](C)Sc1n[nH]c(-c2ccc(C)cc2)n1. The smallest absolute Gasteiger partial charge is 0.238 e. The lowest BCUT2D eigenvalue weighted by atomic mass is 10.1. The second-order valence-corrected chi connectivity index (χ2v) is 7.81. The lowest BCUT2D eigenvalue weighted by Crippen LogP contribution is -2.24. The van der Waals surface area contributed by atoms with Crippen molar-refractivity contribution >= 4 is 23.5 Å². The summed E-state index contributed by atoms with van der Waals surface area (Å²) in [5.41, 5.74) is 2.16. The average molecular weight is 385 g/mol. The van der Waals surface area contributed by atoms with E-state index in [9.17, 15) is 4.79 Å². The number of thioether (sulfide) groups is 1. The Bertz CT molecular complexity index is 901. The number of hydrogen-bond donors (Lipinski definition) is 2. The van der Waals surface area contributed by atoms with Crippen LogP contribution in [0.5, 0.6) is 0 Å². The number of aromatic nitrogens is 5. The van der Waals surface area contributed by atoms with Crippen molar-refractivity contribution in [2.24, 2.45) is 0 Å². The molecule has 0 aliphatic carbocycles. The van der Waals surface area contributed by atoms with Crippen LogP contribution < -0.4 is 5.32 Å². The molecule has 0 spiro atoms. The molecule has 27 heavy (non-hydrogen) atoms. The molecule has 8 heteroatoms.